The topological polar surface area (TPSA) is 50.6 Å². The Kier molecular flexibility index (Phi) is 4.94. The van der Waals surface area contributed by atoms with Crippen LogP contribution in [0, 0.1) is 19.8 Å². The molecule has 0 spiro atoms. The molecule has 7 heteroatoms. The highest BCUT2D eigenvalue weighted by molar-refractivity contribution is 6.31. The Balaban J connectivity index is 1.63. The van der Waals surface area contributed by atoms with Crippen LogP contribution in [0.1, 0.15) is 18.3 Å². The van der Waals surface area contributed by atoms with E-state index in [1.54, 1.807) is 4.68 Å². The first-order valence-electron chi connectivity index (χ1n) is 8.26. The van der Waals surface area contributed by atoms with Gasteiger partial charge in [0.25, 0.3) is 0 Å². The number of aromatic nitrogens is 2. The molecule has 0 aromatic carbocycles. The van der Waals surface area contributed by atoms with Crippen molar-refractivity contribution in [3.8, 4) is 0 Å². The summed E-state index contributed by atoms with van der Waals surface area (Å²) in [6, 6.07) is 0.437. The molecule has 2 aliphatic rings. The fraction of sp³-hybridized carbons (Fsp3) is 0.750. The van der Waals surface area contributed by atoms with Crippen LogP contribution in [-0.2, 0) is 16.1 Å². The van der Waals surface area contributed by atoms with Crippen LogP contribution in [0.4, 0.5) is 0 Å². The molecule has 2 fully saturated rings. The lowest BCUT2D eigenvalue weighted by molar-refractivity contribution is -0.131. The molecule has 0 bridgehead atoms. The third-order valence-electron chi connectivity index (χ3n) is 5.02. The van der Waals surface area contributed by atoms with Gasteiger partial charge in [-0.1, -0.05) is 18.5 Å². The molecule has 0 radical (unpaired) electrons. The van der Waals surface area contributed by atoms with Crippen molar-refractivity contribution < 1.29 is 9.53 Å². The van der Waals surface area contributed by atoms with Gasteiger partial charge in [-0.2, -0.15) is 5.10 Å². The molecular weight excluding hydrogens is 316 g/mol. The second kappa shape index (κ2) is 6.79. The number of amides is 1. The van der Waals surface area contributed by atoms with Gasteiger partial charge in [0.2, 0.25) is 5.91 Å². The van der Waals surface area contributed by atoms with Crippen molar-refractivity contribution in [2.24, 2.45) is 5.92 Å². The number of nitrogens with zero attached hydrogens (tertiary/aromatic N) is 4. The first kappa shape index (κ1) is 16.7. The molecule has 0 saturated carbocycles. The molecule has 1 amide bonds. The van der Waals surface area contributed by atoms with Gasteiger partial charge in [-0.3, -0.25) is 14.4 Å². The Labute approximate surface area is 142 Å². The summed E-state index contributed by atoms with van der Waals surface area (Å²) in [5, 5.41) is 5.01. The van der Waals surface area contributed by atoms with Gasteiger partial charge in [-0.15, -0.1) is 0 Å². The van der Waals surface area contributed by atoms with Crippen molar-refractivity contribution in [3.05, 3.63) is 16.4 Å². The summed E-state index contributed by atoms with van der Waals surface area (Å²) < 4.78 is 7.14. The fourth-order valence-corrected chi connectivity index (χ4v) is 3.73. The highest BCUT2D eigenvalue weighted by Gasteiger charge is 2.36. The molecule has 2 saturated heterocycles. The molecule has 3 rings (SSSR count). The number of aryl methyl sites for hydroxylation is 1. The van der Waals surface area contributed by atoms with Crippen LogP contribution >= 0.6 is 11.6 Å². The molecule has 1 aromatic heterocycles. The Morgan fingerprint density at radius 3 is 2.61 bits per heavy atom. The standard InChI is InChI=1S/C16H25ClN4O2/c1-11-8-20(9-14(11)19-4-6-23-7-5-19)15(22)10-21-13(3)16(17)12(2)18-21/h11,14H,4-10H2,1-3H3/t11-,14+/m0/s1. The van der Waals surface area contributed by atoms with E-state index in [4.69, 9.17) is 16.3 Å². The average molecular weight is 341 g/mol. The van der Waals surface area contributed by atoms with Gasteiger partial charge >= 0.3 is 0 Å². The predicted octanol–water partition coefficient (Wildman–Crippen LogP) is 1.33. The van der Waals surface area contributed by atoms with E-state index in [0.29, 0.717) is 17.0 Å². The minimum absolute atomic E-state index is 0.120. The van der Waals surface area contributed by atoms with E-state index < -0.39 is 0 Å². The summed E-state index contributed by atoms with van der Waals surface area (Å²) in [6.45, 7) is 11.4. The number of ether oxygens (including phenoxy) is 1. The van der Waals surface area contributed by atoms with E-state index in [9.17, 15) is 4.79 Å². The maximum Gasteiger partial charge on any atom is 0.244 e. The minimum atomic E-state index is 0.120. The lowest BCUT2D eigenvalue weighted by Gasteiger charge is -2.34. The molecular formula is C16H25ClN4O2. The maximum absolute atomic E-state index is 12.6. The number of rotatable bonds is 3. The van der Waals surface area contributed by atoms with E-state index in [0.717, 1.165) is 50.8 Å². The highest BCUT2D eigenvalue weighted by Crippen LogP contribution is 2.24. The van der Waals surface area contributed by atoms with Crippen LogP contribution < -0.4 is 0 Å². The summed E-state index contributed by atoms with van der Waals surface area (Å²) in [4.78, 5) is 17.1. The fourth-order valence-electron chi connectivity index (χ4n) is 3.59. The van der Waals surface area contributed by atoms with Crippen molar-refractivity contribution in [1.82, 2.24) is 19.6 Å². The van der Waals surface area contributed by atoms with Crippen molar-refractivity contribution in [2.45, 2.75) is 33.4 Å². The molecule has 0 N–H and O–H groups in total. The number of likely N-dealkylation sites (tertiary alicyclic amines) is 1. The molecule has 6 nitrogen and oxygen atoms in total. The number of carbonyl (C=O) groups is 1. The largest absolute Gasteiger partial charge is 0.379 e. The van der Waals surface area contributed by atoms with E-state index in [2.05, 4.69) is 16.9 Å². The zero-order valence-corrected chi connectivity index (χ0v) is 14.8. The Hall–Kier alpha value is -1.11. The predicted molar refractivity (Wildman–Crippen MR) is 88.6 cm³/mol. The van der Waals surface area contributed by atoms with Gasteiger partial charge in [0.1, 0.15) is 6.54 Å². The number of halogens is 1. The SMILES string of the molecule is Cc1nn(CC(=O)N2C[C@@H](N3CCOCC3)[C@@H](C)C2)c(C)c1Cl. The minimum Gasteiger partial charge on any atom is -0.379 e. The molecule has 23 heavy (non-hydrogen) atoms. The Bertz CT molecular complexity index is 583. The van der Waals surface area contributed by atoms with Gasteiger partial charge in [0.05, 0.1) is 29.6 Å². The Morgan fingerprint density at radius 1 is 1.30 bits per heavy atom. The summed E-state index contributed by atoms with van der Waals surface area (Å²) in [6.07, 6.45) is 0. The summed E-state index contributed by atoms with van der Waals surface area (Å²) in [7, 11) is 0. The highest BCUT2D eigenvalue weighted by atomic mass is 35.5. The van der Waals surface area contributed by atoms with E-state index in [1.807, 2.05) is 18.7 Å². The lowest BCUT2D eigenvalue weighted by atomic mass is 10.0. The van der Waals surface area contributed by atoms with Gasteiger partial charge in [-0.25, -0.2) is 0 Å². The number of morpholine rings is 1. The normalized spacial score (nSPS) is 26.0. The monoisotopic (exact) mass is 340 g/mol. The number of carbonyl (C=O) groups excluding carboxylic acids is 1. The van der Waals surface area contributed by atoms with Gasteiger partial charge < -0.3 is 9.64 Å². The summed E-state index contributed by atoms with van der Waals surface area (Å²) >= 11 is 6.16. The molecule has 1 aromatic rings. The van der Waals surface area contributed by atoms with Crippen molar-refractivity contribution in [3.63, 3.8) is 0 Å². The van der Waals surface area contributed by atoms with Gasteiger partial charge in [-0.05, 0) is 19.8 Å². The first-order chi connectivity index (χ1) is 11.0. The van der Waals surface area contributed by atoms with Gasteiger partial charge in [0, 0.05) is 32.2 Å². The second-order valence-corrected chi connectivity index (χ2v) is 7.01. The second-order valence-electron chi connectivity index (χ2n) is 6.63. The molecule has 0 aliphatic carbocycles. The molecule has 3 heterocycles. The zero-order chi connectivity index (χ0) is 16.6. The average Bonchev–Trinajstić information content (AvgIpc) is 3.05. The molecule has 2 aliphatic heterocycles. The van der Waals surface area contributed by atoms with Crippen LogP contribution in [0.3, 0.4) is 0 Å². The van der Waals surface area contributed by atoms with Crippen molar-refractivity contribution >= 4 is 17.5 Å². The van der Waals surface area contributed by atoms with Crippen LogP contribution in [0.25, 0.3) is 0 Å². The molecule has 0 unspecified atom stereocenters. The number of hydrogen-bond donors (Lipinski definition) is 0. The molecule has 2 atom stereocenters. The van der Waals surface area contributed by atoms with Crippen LogP contribution in [0.15, 0.2) is 0 Å². The van der Waals surface area contributed by atoms with Crippen LogP contribution in [-0.4, -0.2) is 70.9 Å². The van der Waals surface area contributed by atoms with E-state index >= 15 is 0 Å². The van der Waals surface area contributed by atoms with Crippen molar-refractivity contribution in [1.29, 1.82) is 0 Å². The van der Waals surface area contributed by atoms with Crippen molar-refractivity contribution in [2.75, 3.05) is 39.4 Å². The number of hydrogen-bond acceptors (Lipinski definition) is 4. The van der Waals surface area contributed by atoms with E-state index in [1.165, 1.54) is 0 Å². The quantitative estimate of drug-likeness (QED) is 0.833. The smallest absolute Gasteiger partial charge is 0.244 e. The lowest BCUT2D eigenvalue weighted by Crippen LogP contribution is -2.47. The third kappa shape index (κ3) is 3.39. The Morgan fingerprint density at radius 2 is 2.00 bits per heavy atom. The third-order valence-corrected chi connectivity index (χ3v) is 5.57. The van der Waals surface area contributed by atoms with E-state index in [-0.39, 0.29) is 12.5 Å². The van der Waals surface area contributed by atoms with Gasteiger partial charge in [0.15, 0.2) is 0 Å². The zero-order valence-electron chi connectivity index (χ0n) is 14.1. The van der Waals surface area contributed by atoms with Crippen LogP contribution in [0.2, 0.25) is 5.02 Å². The maximum atomic E-state index is 12.6. The summed E-state index contributed by atoms with van der Waals surface area (Å²) in [5.41, 5.74) is 1.63. The first-order valence-corrected chi connectivity index (χ1v) is 8.64. The van der Waals surface area contributed by atoms with Crippen LogP contribution in [0.5, 0.6) is 0 Å². The molecule has 128 valence electrons. The summed E-state index contributed by atoms with van der Waals surface area (Å²) in [5.74, 6) is 0.607.